The van der Waals surface area contributed by atoms with Gasteiger partial charge in [0, 0.05) is 13.1 Å². The molecule has 30 heavy (non-hydrogen) atoms. The van der Waals surface area contributed by atoms with Gasteiger partial charge < -0.3 is 14.2 Å². The summed E-state index contributed by atoms with van der Waals surface area (Å²) < 4.78 is 16.6. The summed E-state index contributed by atoms with van der Waals surface area (Å²) in [7, 11) is 7.72. The Labute approximate surface area is 176 Å². The second-order valence-corrected chi connectivity index (χ2v) is 7.42. The van der Waals surface area contributed by atoms with E-state index >= 15 is 0 Å². The van der Waals surface area contributed by atoms with Crippen molar-refractivity contribution in [2.45, 2.75) is 37.5 Å². The van der Waals surface area contributed by atoms with Crippen LogP contribution in [0, 0.1) is 5.92 Å². The molecule has 0 saturated carbocycles. The third-order valence-electron chi connectivity index (χ3n) is 5.32. The molecular formula is C22H22BNO6. The molecule has 4 atom stereocenters. The smallest absolute Gasteiger partial charge is 0.316 e. The lowest BCUT2D eigenvalue weighted by atomic mass is 9.84. The lowest BCUT2D eigenvalue weighted by Crippen LogP contribution is -2.45. The fourth-order valence-electron chi connectivity index (χ4n) is 3.93. The number of nitrogens with zero attached hydrogens (tertiary/aromatic N) is 1. The maximum atomic E-state index is 12.9. The van der Waals surface area contributed by atoms with Crippen molar-refractivity contribution in [2.75, 3.05) is 7.05 Å². The first-order valence-electron chi connectivity index (χ1n) is 9.74. The van der Waals surface area contributed by atoms with Crippen molar-refractivity contribution in [1.29, 1.82) is 0 Å². The van der Waals surface area contributed by atoms with Gasteiger partial charge in [0.1, 0.15) is 33.4 Å². The fraction of sp³-hybridized carbons (Fsp3) is 0.364. The monoisotopic (exact) mass is 407 g/mol. The Hall–Kier alpha value is -2.68. The highest BCUT2D eigenvalue weighted by Gasteiger charge is 2.67. The molecule has 2 aromatic rings. The molecule has 2 radical (unpaired) electrons. The van der Waals surface area contributed by atoms with Gasteiger partial charge in [-0.1, -0.05) is 60.7 Å². The van der Waals surface area contributed by atoms with Crippen LogP contribution < -0.4 is 0 Å². The Bertz CT molecular complexity index is 881. The molecule has 2 aliphatic heterocycles. The quantitative estimate of drug-likeness (QED) is 0.513. The summed E-state index contributed by atoms with van der Waals surface area (Å²) in [6.45, 7) is 0.223. The van der Waals surface area contributed by atoms with Crippen LogP contribution in [0.1, 0.15) is 17.5 Å². The third-order valence-corrected chi connectivity index (χ3v) is 5.32. The van der Waals surface area contributed by atoms with Gasteiger partial charge in [0.25, 0.3) is 0 Å². The van der Waals surface area contributed by atoms with E-state index in [9.17, 15) is 9.59 Å². The second-order valence-electron chi connectivity index (χ2n) is 7.42. The standard InChI is InChI=1S/C22H22BNO6/c1-24-19-18(21(26)28-14-16-10-6-3-7-11-16)22(30-24,29-20(19)23)12-17(25)27-13-15-8-4-2-5-9-15/h2-11,18-20H,12-14H2,1H3/t18?,19?,20-,22+/m1/s1. The summed E-state index contributed by atoms with van der Waals surface area (Å²) in [6, 6.07) is 17.3. The minimum atomic E-state index is -1.54. The van der Waals surface area contributed by atoms with E-state index < -0.39 is 35.7 Å². The van der Waals surface area contributed by atoms with Gasteiger partial charge in [-0.25, -0.2) is 0 Å². The molecule has 8 heteroatoms. The highest BCUT2D eigenvalue weighted by Crippen LogP contribution is 2.48. The Morgan fingerprint density at radius 3 is 2.13 bits per heavy atom. The summed E-state index contributed by atoms with van der Waals surface area (Å²) in [6.07, 6.45) is -0.278. The summed E-state index contributed by atoms with van der Waals surface area (Å²) >= 11 is 0. The van der Waals surface area contributed by atoms with Crippen molar-refractivity contribution in [3.63, 3.8) is 0 Å². The predicted octanol–water partition coefficient (Wildman–Crippen LogP) is 1.95. The minimum absolute atomic E-state index is 0.108. The summed E-state index contributed by atoms with van der Waals surface area (Å²) in [5.41, 5.74) is 1.71. The van der Waals surface area contributed by atoms with Crippen molar-refractivity contribution >= 4 is 19.8 Å². The van der Waals surface area contributed by atoms with Gasteiger partial charge in [-0.3, -0.25) is 14.4 Å². The second kappa shape index (κ2) is 8.59. The number of fused-ring (bicyclic) bond motifs is 2. The molecule has 2 aliphatic rings. The number of esters is 2. The first-order chi connectivity index (χ1) is 14.5. The average molecular weight is 407 g/mol. The van der Waals surface area contributed by atoms with Crippen LogP contribution in [0.2, 0.25) is 0 Å². The molecule has 0 N–H and O–H groups in total. The summed E-state index contributed by atoms with van der Waals surface area (Å²) in [5, 5.41) is 1.47. The van der Waals surface area contributed by atoms with Crippen molar-refractivity contribution in [3.8, 4) is 0 Å². The van der Waals surface area contributed by atoms with Gasteiger partial charge in [0.2, 0.25) is 5.79 Å². The van der Waals surface area contributed by atoms with E-state index in [4.69, 9.17) is 26.9 Å². The molecule has 154 valence electrons. The molecular weight excluding hydrogens is 385 g/mol. The molecule has 0 aromatic heterocycles. The van der Waals surface area contributed by atoms with Gasteiger partial charge in [-0.05, 0) is 11.1 Å². The van der Waals surface area contributed by atoms with E-state index in [2.05, 4.69) is 0 Å². The van der Waals surface area contributed by atoms with E-state index in [1.54, 1.807) is 7.05 Å². The lowest BCUT2D eigenvalue weighted by molar-refractivity contribution is -0.337. The molecule has 4 rings (SSSR count). The van der Waals surface area contributed by atoms with E-state index in [1.165, 1.54) is 5.06 Å². The number of ether oxygens (including phenoxy) is 3. The lowest BCUT2D eigenvalue weighted by Gasteiger charge is -2.33. The number of hydrogen-bond donors (Lipinski definition) is 0. The largest absolute Gasteiger partial charge is 0.461 e. The maximum Gasteiger partial charge on any atom is 0.316 e. The number of hydrogen-bond acceptors (Lipinski definition) is 7. The van der Waals surface area contributed by atoms with Crippen molar-refractivity contribution in [2.24, 2.45) is 5.92 Å². The van der Waals surface area contributed by atoms with Gasteiger partial charge in [-0.15, -0.1) is 0 Å². The molecule has 2 fully saturated rings. The summed E-state index contributed by atoms with van der Waals surface area (Å²) in [4.78, 5) is 31.2. The molecule has 0 spiro atoms. The highest BCUT2D eigenvalue weighted by molar-refractivity contribution is 6.12. The Morgan fingerprint density at radius 2 is 1.57 bits per heavy atom. The molecule has 7 nitrogen and oxygen atoms in total. The fourth-order valence-corrected chi connectivity index (χ4v) is 3.93. The van der Waals surface area contributed by atoms with Crippen LogP contribution in [0.3, 0.4) is 0 Å². The number of hydroxylamine groups is 2. The zero-order valence-electron chi connectivity index (χ0n) is 16.6. The zero-order valence-corrected chi connectivity index (χ0v) is 16.6. The van der Waals surface area contributed by atoms with Gasteiger partial charge >= 0.3 is 11.9 Å². The van der Waals surface area contributed by atoms with Crippen LogP contribution >= 0.6 is 0 Å². The zero-order chi connectivity index (χ0) is 21.1. The average Bonchev–Trinajstić information content (AvgIpc) is 3.18. The third kappa shape index (κ3) is 4.12. The van der Waals surface area contributed by atoms with Gasteiger partial charge in [-0.2, -0.15) is 5.06 Å². The minimum Gasteiger partial charge on any atom is -0.461 e. The van der Waals surface area contributed by atoms with Crippen molar-refractivity contribution in [1.82, 2.24) is 5.06 Å². The molecule has 0 aliphatic carbocycles. The predicted molar refractivity (Wildman–Crippen MR) is 107 cm³/mol. The number of carbonyl (C=O) groups is 2. The van der Waals surface area contributed by atoms with Crippen LogP contribution in [0.4, 0.5) is 0 Å². The normalized spacial score (nSPS) is 27.7. The molecule has 2 bridgehead atoms. The molecule has 2 heterocycles. The van der Waals surface area contributed by atoms with Crippen LogP contribution in [0.5, 0.6) is 0 Å². The van der Waals surface area contributed by atoms with Gasteiger partial charge in [0.15, 0.2) is 0 Å². The van der Waals surface area contributed by atoms with Gasteiger partial charge in [0.05, 0.1) is 6.04 Å². The molecule has 2 unspecified atom stereocenters. The maximum absolute atomic E-state index is 12.9. The van der Waals surface area contributed by atoms with E-state index in [0.29, 0.717) is 0 Å². The Morgan fingerprint density at radius 1 is 1.00 bits per heavy atom. The molecule has 2 aromatic carbocycles. The number of benzene rings is 2. The summed E-state index contributed by atoms with van der Waals surface area (Å²) in [5.74, 6) is -3.49. The number of likely N-dealkylation sites (N-methyl/N-ethyl adjacent to an activating group) is 1. The number of carbonyl (C=O) groups excluding carboxylic acids is 2. The Kier molecular flexibility index (Phi) is 5.90. The Balaban J connectivity index is 1.43. The molecule has 2 saturated heterocycles. The van der Waals surface area contributed by atoms with E-state index in [0.717, 1.165) is 11.1 Å². The van der Waals surface area contributed by atoms with Crippen molar-refractivity contribution < 1.29 is 28.6 Å². The van der Waals surface area contributed by atoms with Crippen LogP contribution in [-0.2, 0) is 41.9 Å². The SMILES string of the molecule is [B][C@@H]1O[C@@]2(CC(=O)OCc3ccccc3)ON(C)C1C2C(=O)OCc1ccccc1. The number of rotatable bonds is 7. The first-order valence-corrected chi connectivity index (χ1v) is 9.74. The topological polar surface area (TPSA) is 74.3 Å². The highest BCUT2D eigenvalue weighted by atomic mass is 16.8. The first kappa shape index (κ1) is 20.6. The van der Waals surface area contributed by atoms with Crippen LogP contribution in [-0.4, -0.2) is 49.7 Å². The molecule has 0 amide bonds. The van der Waals surface area contributed by atoms with Crippen molar-refractivity contribution in [3.05, 3.63) is 71.8 Å². The van der Waals surface area contributed by atoms with Crippen LogP contribution in [0.15, 0.2) is 60.7 Å². The van der Waals surface area contributed by atoms with Crippen LogP contribution in [0.25, 0.3) is 0 Å². The van der Waals surface area contributed by atoms with E-state index in [-0.39, 0.29) is 19.6 Å². The van der Waals surface area contributed by atoms with E-state index in [1.807, 2.05) is 60.7 Å².